The first-order chi connectivity index (χ1) is 21.7. The molecule has 254 valence electrons. The molecule has 3 rings (SSSR count). The van der Waals surface area contributed by atoms with Crippen LogP contribution in [0.2, 0.25) is 0 Å². The number of hydrogen-bond donors (Lipinski definition) is 0. The van der Waals surface area contributed by atoms with Gasteiger partial charge in [0, 0.05) is 58.6 Å². The molecule has 0 amide bonds. The van der Waals surface area contributed by atoms with E-state index in [-0.39, 0.29) is 17.3 Å². The molecule has 3 aromatic rings. The van der Waals surface area contributed by atoms with Gasteiger partial charge in [0.05, 0.1) is 0 Å². The fourth-order valence-corrected chi connectivity index (χ4v) is 14.8. The highest BCUT2D eigenvalue weighted by molar-refractivity contribution is 6.88. The van der Waals surface area contributed by atoms with Gasteiger partial charge in [-0.2, -0.15) is 0 Å². The molecule has 2 N–H and O–H groups in total. The Morgan fingerprint density at radius 3 is 1.33 bits per heavy atom. The summed E-state index contributed by atoms with van der Waals surface area (Å²) in [6.07, 6.45) is -0.349. The fourth-order valence-electron chi connectivity index (χ4n) is 3.86. The lowest BCUT2D eigenvalue weighted by Crippen LogP contribution is -2.71. The van der Waals surface area contributed by atoms with Gasteiger partial charge in [0.25, 0.3) is 0 Å². The topological polar surface area (TPSA) is 132 Å². The summed E-state index contributed by atoms with van der Waals surface area (Å²) in [6, 6.07) is 28.7. The lowest BCUT2D eigenvalue weighted by Gasteiger charge is -2.40. The number of carbonyl (C=O) groups is 1. The molecule has 0 spiro atoms. The maximum Gasteiger partial charge on any atom is 0.529 e. The summed E-state index contributed by atoms with van der Waals surface area (Å²) in [5, 5.41) is 2.70. The summed E-state index contributed by atoms with van der Waals surface area (Å²) >= 11 is 0. The van der Waals surface area contributed by atoms with Gasteiger partial charge in [-0.1, -0.05) is 97.6 Å². The van der Waals surface area contributed by atoms with Gasteiger partial charge in [0.15, 0.2) is 16.0 Å². The van der Waals surface area contributed by atoms with Gasteiger partial charge in [0.1, 0.15) is 0 Å². The Morgan fingerprint density at radius 1 is 0.652 bits per heavy atom. The quantitative estimate of drug-likeness (QED) is 0.0936. The number of hydrogen-bond acceptors (Lipinski definition) is 10. The average molecular weight is 709 g/mol. The molecule has 0 aliphatic heterocycles. The summed E-state index contributed by atoms with van der Waals surface area (Å²) < 4.78 is 52.7. The van der Waals surface area contributed by atoms with E-state index in [2.05, 4.69) is 31.9 Å². The fraction of sp³-hybridized carbons (Fsp3) is 0.258. The van der Waals surface area contributed by atoms with E-state index in [1.54, 1.807) is 14.0 Å². The van der Waals surface area contributed by atoms with Crippen molar-refractivity contribution in [2.24, 2.45) is 0 Å². The SMILES string of the molecule is C=C.C=C(C)C(=O)OC[Si](OC)(O[Si](OC)(OC)c1ccccc1)O[Si](OC)(OC)c1ccccc1.CO[SiH2]c1ccccc1.O. The number of ether oxygens (including phenoxy) is 1. The van der Waals surface area contributed by atoms with Crippen molar-refractivity contribution in [3.63, 3.8) is 0 Å². The van der Waals surface area contributed by atoms with Crippen molar-refractivity contribution in [3.8, 4) is 0 Å². The zero-order valence-corrected chi connectivity index (χ0v) is 32.2. The third-order valence-corrected chi connectivity index (χ3v) is 17.2. The van der Waals surface area contributed by atoms with Gasteiger partial charge >= 0.3 is 32.4 Å². The Hall–Kier alpha value is -2.88. The predicted molar refractivity (Wildman–Crippen MR) is 189 cm³/mol. The molecule has 3 aromatic carbocycles. The molecule has 0 heterocycles. The summed E-state index contributed by atoms with van der Waals surface area (Å²) in [6.45, 7) is 11.2. The first-order valence-corrected chi connectivity index (χ1v) is 20.5. The normalized spacial score (nSPS) is 11.4. The minimum Gasteiger partial charge on any atom is -0.458 e. The molecule has 0 saturated carbocycles. The van der Waals surface area contributed by atoms with Crippen LogP contribution in [-0.4, -0.2) is 96.5 Å². The highest BCUT2D eigenvalue weighted by Gasteiger charge is 2.61. The Kier molecular flexibility index (Phi) is 21.2. The van der Waals surface area contributed by atoms with Gasteiger partial charge in [-0.15, -0.1) is 13.2 Å². The number of carbonyl (C=O) groups excluding carboxylic acids is 1. The van der Waals surface area contributed by atoms with Gasteiger partial charge in [0.2, 0.25) is 0 Å². The Balaban J connectivity index is 0.00000143. The van der Waals surface area contributed by atoms with Crippen molar-refractivity contribution in [2.45, 2.75) is 6.92 Å². The second-order valence-electron chi connectivity index (χ2n) is 9.03. The highest BCUT2D eigenvalue weighted by atomic mass is 28.5. The van der Waals surface area contributed by atoms with E-state index >= 15 is 0 Å². The molecular formula is C31H48O11Si4. The second kappa shape index (κ2) is 22.6. The van der Waals surface area contributed by atoms with Gasteiger partial charge < -0.3 is 45.0 Å². The molecule has 0 aromatic heterocycles. The first-order valence-electron chi connectivity index (χ1n) is 13.8. The van der Waals surface area contributed by atoms with E-state index in [1.807, 2.05) is 78.9 Å². The second-order valence-corrected chi connectivity index (χ2v) is 19.4. The van der Waals surface area contributed by atoms with Crippen molar-refractivity contribution in [3.05, 3.63) is 116 Å². The van der Waals surface area contributed by atoms with Crippen molar-refractivity contribution in [1.82, 2.24) is 0 Å². The molecule has 0 fully saturated rings. The van der Waals surface area contributed by atoms with Gasteiger partial charge in [-0.3, -0.25) is 0 Å². The van der Waals surface area contributed by atoms with Crippen LogP contribution in [0.25, 0.3) is 0 Å². The third kappa shape index (κ3) is 12.4. The smallest absolute Gasteiger partial charge is 0.458 e. The predicted octanol–water partition coefficient (Wildman–Crippen LogP) is 1.56. The number of rotatable bonds is 16. The van der Waals surface area contributed by atoms with E-state index in [0.717, 1.165) is 0 Å². The average Bonchev–Trinajstić information content (AvgIpc) is 3.11. The zero-order chi connectivity index (χ0) is 33.8. The van der Waals surface area contributed by atoms with E-state index < -0.39 is 42.1 Å². The highest BCUT2D eigenvalue weighted by Crippen LogP contribution is 2.24. The molecule has 15 heteroatoms. The van der Waals surface area contributed by atoms with Crippen LogP contribution in [0.1, 0.15) is 6.92 Å². The molecule has 0 bridgehead atoms. The molecular weight excluding hydrogens is 661 g/mol. The summed E-state index contributed by atoms with van der Waals surface area (Å²) in [7, 11) is -2.46. The van der Waals surface area contributed by atoms with E-state index in [9.17, 15) is 4.79 Å². The van der Waals surface area contributed by atoms with Crippen molar-refractivity contribution in [2.75, 3.05) is 48.9 Å². The Morgan fingerprint density at radius 2 is 1.02 bits per heavy atom. The lowest BCUT2D eigenvalue weighted by atomic mass is 10.4. The Bertz CT molecular complexity index is 1190. The van der Waals surface area contributed by atoms with E-state index in [1.165, 1.54) is 40.7 Å². The first kappa shape index (κ1) is 43.1. The number of esters is 1. The van der Waals surface area contributed by atoms with Gasteiger partial charge in [-0.05, 0) is 12.1 Å². The largest absolute Gasteiger partial charge is 0.529 e. The standard InChI is InChI=1S/C22H32O9Si3.C7H10OSi.C2H4.H2O/c1-19(2)22(23)29-18-32(24-3,30-33(25-4,26-5)20-14-10-8-11-15-20)31-34(27-6,28-7)21-16-12-9-13-17-21;1-8-9-7-5-3-2-4-6-7;1-2;/h8-17H,1,18H2,2-7H3;2-6H,9H2,1H3;1-2H2;1H2. The molecule has 0 aliphatic carbocycles. The molecule has 0 unspecified atom stereocenters. The van der Waals surface area contributed by atoms with Crippen LogP contribution in [0.3, 0.4) is 0 Å². The Labute approximate surface area is 279 Å². The van der Waals surface area contributed by atoms with E-state index in [4.69, 9.17) is 39.5 Å². The van der Waals surface area contributed by atoms with Crippen LogP contribution in [0.15, 0.2) is 116 Å². The minimum absolute atomic E-state index is 0. The van der Waals surface area contributed by atoms with Crippen LogP contribution in [0, 0.1) is 0 Å². The lowest BCUT2D eigenvalue weighted by molar-refractivity contribution is -0.138. The summed E-state index contributed by atoms with van der Waals surface area (Å²) in [5.74, 6) is -0.621. The molecule has 0 radical (unpaired) electrons. The van der Waals surface area contributed by atoms with Crippen molar-refractivity contribution >= 4 is 57.7 Å². The van der Waals surface area contributed by atoms with Crippen LogP contribution in [0.5, 0.6) is 0 Å². The van der Waals surface area contributed by atoms with Crippen LogP contribution < -0.4 is 15.6 Å². The van der Waals surface area contributed by atoms with Crippen molar-refractivity contribution in [1.29, 1.82) is 0 Å². The monoisotopic (exact) mass is 708 g/mol. The van der Waals surface area contributed by atoms with E-state index in [0.29, 0.717) is 10.4 Å². The molecule has 11 nitrogen and oxygen atoms in total. The summed E-state index contributed by atoms with van der Waals surface area (Å²) in [5.41, 5.74) is 0.217. The van der Waals surface area contributed by atoms with Crippen LogP contribution in [0.4, 0.5) is 0 Å². The summed E-state index contributed by atoms with van der Waals surface area (Å²) in [4.78, 5) is 12.3. The van der Waals surface area contributed by atoms with Crippen LogP contribution >= 0.6 is 0 Å². The number of benzene rings is 3. The zero-order valence-electron chi connectivity index (χ0n) is 27.8. The maximum absolute atomic E-state index is 12.3. The molecule has 0 aliphatic rings. The van der Waals surface area contributed by atoms with Gasteiger partial charge in [-0.25, -0.2) is 4.79 Å². The molecule has 46 heavy (non-hydrogen) atoms. The maximum atomic E-state index is 12.3. The molecule has 0 saturated heterocycles. The van der Waals surface area contributed by atoms with Crippen LogP contribution in [-0.2, 0) is 44.3 Å². The molecule has 0 atom stereocenters. The third-order valence-electron chi connectivity index (χ3n) is 6.10. The minimum atomic E-state index is -3.96. The van der Waals surface area contributed by atoms with Crippen molar-refractivity contribution < 1.29 is 49.8 Å².